The molecule has 0 spiro atoms. The lowest BCUT2D eigenvalue weighted by Gasteiger charge is -2.30. The second kappa shape index (κ2) is 24.3. The van der Waals surface area contributed by atoms with Crippen molar-refractivity contribution in [2.75, 3.05) is 77.1 Å². The minimum Gasteiger partial charge on any atom is -0.481 e. The van der Waals surface area contributed by atoms with Crippen molar-refractivity contribution in [3.63, 3.8) is 0 Å². The number of methoxy groups -OCH3 is 1. The van der Waals surface area contributed by atoms with Crippen LogP contribution in [0, 0.1) is 0 Å². The van der Waals surface area contributed by atoms with Crippen molar-refractivity contribution in [3.8, 4) is 0 Å². The van der Waals surface area contributed by atoms with Gasteiger partial charge in [0.25, 0.3) is 50.6 Å². The van der Waals surface area contributed by atoms with Crippen LogP contribution in [0.25, 0.3) is 21.5 Å². The monoisotopic (exact) mass is 1180 g/mol. The first kappa shape index (κ1) is 61.4. The van der Waals surface area contributed by atoms with E-state index in [9.17, 15) is 74.8 Å². The van der Waals surface area contributed by atoms with Crippen molar-refractivity contribution in [2.45, 2.75) is 96.1 Å². The number of likely N-dealkylation sites (N-methyl/N-ethyl adjacent to an activating group) is 1. The second-order valence-electron chi connectivity index (χ2n) is 18.9. The summed E-state index contributed by atoms with van der Waals surface area (Å²) < 4.78 is 202. The van der Waals surface area contributed by atoms with Crippen LogP contribution in [-0.2, 0) is 85.2 Å². The van der Waals surface area contributed by atoms with Gasteiger partial charge in [-0.2, -0.15) is 46.7 Å². The summed E-state index contributed by atoms with van der Waals surface area (Å²) in [5.74, 6) is -1.69. The lowest BCUT2D eigenvalue weighted by atomic mass is 9.74. The number of carbonyl (C=O) groups is 1. The van der Waals surface area contributed by atoms with Crippen LogP contribution in [0.2, 0.25) is 0 Å². The summed E-state index contributed by atoms with van der Waals surface area (Å²) in [6, 6.07) is 9.32. The number of fused-ring (bicyclic) bond motifs is 6. The molecule has 2 atom stereocenters. The zero-order valence-corrected chi connectivity index (χ0v) is 46.7. The molecule has 0 bridgehead atoms. The Morgan fingerprint density at radius 2 is 1.16 bits per heavy atom. The van der Waals surface area contributed by atoms with Gasteiger partial charge in [-0.25, -0.2) is 0 Å². The number of hydrogen-bond acceptors (Lipinski definition) is 16. The van der Waals surface area contributed by atoms with Gasteiger partial charge in [-0.05, 0) is 112 Å². The Hall–Kier alpha value is -4.79. The number of allylic oxidation sites excluding steroid dienone is 4. The highest BCUT2D eigenvalue weighted by molar-refractivity contribution is 7.87. The summed E-state index contributed by atoms with van der Waals surface area (Å²) in [5.41, 5.74) is -0.0288. The average molecular weight is 1180 g/mol. The van der Waals surface area contributed by atoms with Gasteiger partial charge in [0.05, 0.1) is 60.6 Å². The fourth-order valence-electron chi connectivity index (χ4n) is 10.3. The minimum atomic E-state index is -5.13. The quantitative estimate of drug-likeness (QED) is 0.0207. The maximum atomic E-state index is 12.9. The van der Waals surface area contributed by atoms with Crippen molar-refractivity contribution in [3.05, 3.63) is 83.6 Å². The van der Waals surface area contributed by atoms with Gasteiger partial charge in [0, 0.05) is 78.4 Å². The van der Waals surface area contributed by atoms with Crippen molar-refractivity contribution >= 4 is 95.2 Å². The molecule has 0 amide bonds. The molecule has 0 radical (unpaired) electrons. The molecule has 23 nitrogen and oxygen atoms in total. The molecule has 4 aromatic carbocycles. The van der Waals surface area contributed by atoms with Gasteiger partial charge in [0.1, 0.15) is 16.3 Å². The molecule has 0 fully saturated rings. The number of carboxylic acid groups (broad SMARTS) is 1. The van der Waals surface area contributed by atoms with E-state index < -0.39 is 92.7 Å². The van der Waals surface area contributed by atoms with Crippen LogP contribution >= 0.6 is 0 Å². The highest BCUT2D eigenvalue weighted by atomic mass is 32.2. The number of hydrogen-bond donors (Lipinski definition) is 6. The summed E-state index contributed by atoms with van der Waals surface area (Å²) in [4.78, 5) is 9.98. The number of nitrogens with zero attached hydrogens (tertiary/aromatic N) is 2. The Labute approximate surface area is 447 Å². The molecular formula is C49H63N2O21S5+. The SMILES string of the molecule is CCN1/C(=C/C=C/C2=[N+](CCCCCC(=O)O)c3ccc4c(S(=O)(=O)O)cc(S(=O)(=O)O)cc4c3C2(C)CCOCCOCCOCCOC)C(C)(CCCS(=O)(=O)O)c2c1ccc1c(S(=O)(=O)O)cc(S(=O)(=O)O)cc21. The molecule has 0 saturated carbocycles. The van der Waals surface area contributed by atoms with Crippen LogP contribution in [0.3, 0.4) is 0 Å². The fraction of sp³-hybridized carbons (Fsp3) is 0.469. The highest BCUT2D eigenvalue weighted by Crippen LogP contribution is 2.54. The largest absolute Gasteiger partial charge is 0.481 e. The van der Waals surface area contributed by atoms with Crippen LogP contribution in [-0.4, -0.2) is 158 Å². The first-order valence-corrected chi connectivity index (χ1v) is 31.6. The summed E-state index contributed by atoms with van der Waals surface area (Å²) in [7, 11) is -23.4. The molecular weight excluding hydrogens is 1110 g/mol. The number of carboxylic acids is 1. The molecule has 0 saturated heterocycles. The van der Waals surface area contributed by atoms with Crippen LogP contribution in [0.15, 0.2) is 92.0 Å². The molecule has 77 heavy (non-hydrogen) atoms. The smallest absolute Gasteiger partial charge is 0.303 e. The lowest BCUT2D eigenvalue weighted by Crippen LogP contribution is -2.33. The van der Waals surface area contributed by atoms with E-state index in [4.69, 9.17) is 18.9 Å². The summed E-state index contributed by atoms with van der Waals surface area (Å²) in [6.07, 6.45) is 6.06. The third-order valence-electron chi connectivity index (χ3n) is 13.7. The third kappa shape index (κ3) is 14.2. The van der Waals surface area contributed by atoms with Crippen molar-refractivity contribution < 1.29 is 98.3 Å². The first-order valence-electron chi connectivity index (χ1n) is 24.2. The Balaban J connectivity index is 1.57. The molecule has 2 heterocycles. The number of aliphatic carboxylic acids is 1. The summed E-state index contributed by atoms with van der Waals surface area (Å²) >= 11 is 0. The Kier molecular flexibility index (Phi) is 19.4. The van der Waals surface area contributed by atoms with Crippen LogP contribution in [0.1, 0.15) is 76.8 Å². The molecule has 424 valence electrons. The second-order valence-corrected chi connectivity index (χ2v) is 26.1. The molecule has 0 aromatic heterocycles. The van der Waals surface area contributed by atoms with Gasteiger partial charge in [0.15, 0.2) is 5.71 Å². The Bertz CT molecular complexity index is 3600. The van der Waals surface area contributed by atoms with E-state index in [2.05, 4.69) is 0 Å². The van der Waals surface area contributed by atoms with Gasteiger partial charge in [-0.3, -0.25) is 27.6 Å². The van der Waals surface area contributed by atoms with Gasteiger partial charge in [0.2, 0.25) is 5.69 Å². The molecule has 0 aliphatic carbocycles. The number of unbranched alkanes of at least 4 members (excludes halogenated alkanes) is 2. The minimum absolute atomic E-state index is 0.0195. The lowest BCUT2D eigenvalue weighted by molar-refractivity contribution is -0.438. The van der Waals surface area contributed by atoms with E-state index in [0.29, 0.717) is 85.1 Å². The van der Waals surface area contributed by atoms with E-state index in [1.54, 1.807) is 51.3 Å². The van der Waals surface area contributed by atoms with E-state index in [1.807, 2.05) is 16.4 Å². The normalized spacial score (nSPS) is 18.9. The first-order chi connectivity index (χ1) is 35.9. The van der Waals surface area contributed by atoms with Crippen LogP contribution < -0.4 is 4.90 Å². The number of ether oxygens (including phenoxy) is 4. The van der Waals surface area contributed by atoms with Gasteiger partial charge < -0.3 is 29.0 Å². The van der Waals surface area contributed by atoms with Crippen molar-refractivity contribution in [2.24, 2.45) is 0 Å². The maximum absolute atomic E-state index is 12.9. The molecule has 4 aromatic rings. The summed E-state index contributed by atoms with van der Waals surface area (Å²) in [6.45, 7) is 7.44. The van der Waals surface area contributed by atoms with E-state index in [1.165, 1.54) is 12.1 Å². The predicted molar refractivity (Wildman–Crippen MR) is 283 cm³/mol. The molecule has 2 aliphatic rings. The number of rotatable bonds is 29. The topological polar surface area (TPSA) is 352 Å². The van der Waals surface area contributed by atoms with Crippen molar-refractivity contribution in [1.29, 1.82) is 0 Å². The van der Waals surface area contributed by atoms with Crippen LogP contribution in [0.4, 0.5) is 11.4 Å². The Morgan fingerprint density at radius 3 is 1.66 bits per heavy atom. The average Bonchev–Trinajstić information content (AvgIpc) is 3.71. The van der Waals surface area contributed by atoms with E-state index in [-0.39, 0.29) is 86.7 Å². The van der Waals surface area contributed by atoms with Gasteiger partial charge in [-0.15, -0.1) is 0 Å². The maximum Gasteiger partial charge on any atom is 0.303 e. The third-order valence-corrected chi connectivity index (χ3v) is 18.0. The zero-order valence-electron chi connectivity index (χ0n) is 42.6. The number of anilines is 1. The Morgan fingerprint density at radius 1 is 0.623 bits per heavy atom. The predicted octanol–water partition coefficient (Wildman–Crippen LogP) is 5.97. The van der Waals surface area contributed by atoms with E-state index >= 15 is 0 Å². The highest BCUT2D eigenvalue weighted by Gasteiger charge is 2.50. The molecule has 28 heteroatoms. The number of benzene rings is 4. The van der Waals surface area contributed by atoms with Gasteiger partial charge >= 0.3 is 5.97 Å². The fourth-order valence-corrected chi connectivity index (χ4v) is 13.5. The van der Waals surface area contributed by atoms with E-state index in [0.717, 1.165) is 12.1 Å². The molecule has 2 unspecified atom stereocenters. The van der Waals surface area contributed by atoms with Gasteiger partial charge in [-0.1, -0.05) is 12.1 Å². The molecule has 6 N–H and O–H groups in total. The summed E-state index contributed by atoms with van der Waals surface area (Å²) in [5, 5.41) is 9.20. The van der Waals surface area contributed by atoms with Crippen molar-refractivity contribution in [1.82, 2.24) is 0 Å². The van der Waals surface area contributed by atoms with Crippen LogP contribution in [0.5, 0.6) is 0 Å². The standard InChI is InChI=1S/C49H62N2O21S5/c1-5-50-39-16-14-35-37(29-33(74(57,58)59)31-41(35)76(63,64)65)46(39)48(2,18-10-28-73(54,55)56)43(50)11-9-12-44-49(3,19-21-70-24-25-72-27-26-71-23-22-69-4)47-38-30-34(75(60,61)62)32-42(77(66,67)68)36(38)15-17-40(47)51(44)20-8-6-7-13-45(52)53/h9,11-12,14-17,29-32H,5-8,10,13,18-28H2,1-4H3,(H5-,52,53,54,55,56,57,58,59,60,61,62,63,64,65,66,67,68)/p+1. The molecule has 6 rings (SSSR count). The molecule has 2 aliphatic heterocycles. The zero-order chi connectivity index (χ0) is 56.9.